The quantitative estimate of drug-likeness (QED) is 0.885. The molecule has 0 radical (unpaired) electrons. The second-order valence-electron chi connectivity index (χ2n) is 5.54. The largest absolute Gasteiger partial charge is 0.314 e. The Morgan fingerprint density at radius 3 is 2.29 bits per heavy atom. The molecule has 0 saturated heterocycles. The fraction of sp³-hybridized carbons (Fsp3) is 0.412. The van der Waals surface area contributed by atoms with Gasteiger partial charge >= 0.3 is 0 Å². The summed E-state index contributed by atoms with van der Waals surface area (Å²) in [6, 6.07) is 8.57. The van der Waals surface area contributed by atoms with E-state index in [0.29, 0.717) is 6.04 Å². The topological polar surface area (TPSA) is 37.8 Å². The van der Waals surface area contributed by atoms with Crippen LogP contribution in [0.25, 0.3) is 11.4 Å². The van der Waals surface area contributed by atoms with E-state index >= 15 is 0 Å². The van der Waals surface area contributed by atoms with Crippen LogP contribution in [0.5, 0.6) is 0 Å². The molecule has 0 amide bonds. The van der Waals surface area contributed by atoms with Crippen LogP contribution in [0, 0.1) is 13.8 Å². The number of hydrogen-bond donors (Lipinski definition) is 1. The Morgan fingerprint density at radius 1 is 1.10 bits per heavy atom. The van der Waals surface area contributed by atoms with Crippen LogP contribution < -0.4 is 5.32 Å². The summed E-state index contributed by atoms with van der Waals surface area (Å²) in [4.78, 5) is 9.39. The van der Waals surface area contributed by atoms with E-state index in [1.807, 2.05) is 24.3 Å². The van der Waals surface area contributed by atoms with Crippen molar-refractivity contribution in [3.8, 4) is 11.4 Å². The van der Waals surface area contributed by atoms with Gasteiger partial charge in [-0.2, -0.15) is 0 Å². The van der Waals surface area contributed by atoms with E-state index in [0.717, 1.165) is 40.2 Å². The number of benzene rings is 1. The fourth-order valence-electron chi connectivity index (χ4n) is 2.35. The summed E-state index contributed by atoms with van der Waals surface area (Å²) in [6.45, 7) is 9.41. The van der Waals surface area contributed by atoms with Crippen molar-refractivity contribution < 1.29 is 0 Å². The number of halogens is 1. The predicted octanol–water partition coefficient (Wildman–Crippen LogP) is 4.06. The molecule has 2 aromatic rings. The van der Waals surface area contributed by atoms with Crippen molar-refractivity contribution in [3.05, 3.63) is 45.7 Å². The normalized spacial score (nSPS) is 11.1. The first-order valence-corrected chi connectivity index (χ1v) is 8.10. The molecule has 112 valence electrons. The van der Waals surface area contributed by atoms with Crippen LogP contribution in [0.3, 0.4) is 0 Å². The molecule has 0 atom stereocenters. The number of nitrogens with zero attached hydrogens (tertiary/aromatic N) is 2. The molecular formula is C17H22BrN3. The first kappa shape index (κ1) is 16.1. The molecule has 0 aliphatic heterocycles. The van der Waals surface area contributed by atoms with Gasteiger partial charge in [-0.3, -0.25) is 0 Å². The lowest BCUT2D eigenvalue weighted by Gasteiger charge is -2.13. The van der Waals surface area contributed by atoms with Crippen molar-refractivity contribution in [1.82, 2.24) is 15.3 Å². The number of hydrogen-bond acceptors (Lipinski definition) is 3. The van der Waals surface area contributed by atoms with Gasteiger partial charge in [0.1, 0.15) is 0 Å². The van der Waals surface area contributed by atoms with Gasteiger partial charge in [0.15, 0.2) is 5.82 Å². The molecule has 0 fully saturated rings. The monoisotopic (exact) mass is 347 g/mol. The molecule has 2 rings (SSSR count). The number of aromatic nitrogens is 2. The SMILES string of the molecule is Cc1nc(-c2ccccc2Br)nc(C)c1CCNC(C)C. The summed E-state index contributed by atoms with van der Waals surface area (Å²) in [5.41, 5.74) is 4.42. The minimum atomic E-state index is 0.506. The first-order chi connectivity index (χ1) is 9.99. The van der Waals surface area contributed by atoms with E-state index in [2.05, 4.69) is 48.9 Å². The zero-order valence-electron chi connectivity index (χ0n) is 13.1. The Labute approximate surface area is 135 Å². The van der Waals surface area contributed by atoms with Crippen LogP contribution in [0.4, 0.5) is 0 Å². The highest BCUT2D eigenvalue weighted by molar-refractivity contribution is 9.10. The van der Waals surface area contributed by atoms with Crippen LogP contribution in [0.15, 0.2) is 28.7 Å². The van der Waals surface area contributed by atoms with Crippen molar-refractivity contribution >= 4 is 15.9 Å². The summed E-state index contributed by atoms with van der Waals surface area (Å²) in [6.07, 6.45) is 0.964. The van der Waals surface area contributed by atoms with Gasteiger partial charge in [-0.15, -0.1) is 0 Å². The van der Waals surface area contributed by atoms with Gasteiger partial charge in [0.25, 0.3) is 0 Å². The maximum Gasteiger partial charge on any atom is 0.160 e. The lowest BCUT2D eigenvalue weighted by Crippen LogP contribution is -2.25. The summed E-state index contributed by atoms with van der Waals surface area (Å²) in [5.74, 6) is 0.790. The van der Waals surface area contributed by atoms with Crippen LogP contribution >= 0.6 is 15.9 Å². The minimum absolute atomic E-state index is 0.506. The third-order valence-corrected chi connectivity index (χ3v) is 4.15. The lowest BCUT2D eigenvalue weighted by molar-refractivity contribution is 0.588. The Bertz CT molecular complexity index is 600. The van der Waals surface area contributed by atoms with E-state index < -0.39 is 0 Å². The second kappa shape index (κ2) is 7.14. The van der Waals surface area contributed by atoms with Crippen LogP contribution in [-0.2, 0) is 6.42 Å². The summed E-state index contributed by atoms with van der Waals surface area (Å²) < 4.78 is 1.03. The zero-order chi connectivity index (χ0) is 15.4. The van der Waals surface area contributed by atoms with Crippen molar-refractivity contribution in [1.29, 1.82) is 0 Å². The smallest absolute Gasteiger partial charge is 0.160 e. The summed E-state index contributed by atoms with van der Waals surface area (Å²) in [7, 11) is 0. The van der Waals surface area contributed by atoms with Gasteiger partial charge in [0, 0.05) is 27.5 Å². The molecule has 1 aromatic heterocycles. The fourth-order valence-corrected chi connectivity index (χ4v) is 2.81. The molecule has 0 bridgehead atoms. The van der Waals surface area contributed by atoms with Gasteiger partial charge in [-0.05, 0) is 38.4 Å². The van der Waals surface area contributed by atoms with Crippen molar-refractivity contribution in [2.45, 2.75) is 40.2 Å². The van der Waals surface area contributed by atoms with Gasteiger partial charge < -0.3 is 5.32 Å². The maximum absolute atomic E-state index is 4.69. The predicted molar refractivity (Wildman–Crippen MR) is 91.5 cm³/mol. The van der Waals surface area contributed by atoms with Gasteiger partial charge in [0.2, 0.25) is 0 Å². The number of aryl methyl sites for hydroxylation is 2. The van der Waals surface area contributed by atoms with E-state index in [9.17, 15) is 0 Å². The van der Waals surface area contributed by atoms with Crippen LogP contribution in [0.2, 0.25) is 0 Å². The van der Waals surface area contributed by atoms with Gasteiger partial charge in [-0.25, -0.2) is 9.97 Å². The van der Waals surface area contributed by atoms with E-state index in [1.54, 1.807) is 0 Å². The first-order valence-electron chi connectivity index (χ1n) is 7.31. The van der Waals surface area contributed by atoms with E-state index in [1.165, 1.54) is 5.56 Å². The Kier molecular flexibility index (Phi) is 5.48. The molecular weight excluding hydrogens is 326 g/mol. The molecule has 1 N–H and O–H groups in total. The Balaban J connectivity index is 2.27. The van der Waals surface area contributed by atoms with Crippen LogP contribution in [0.1, 0.15) is 30.8 Å². The molecule has 1 heterocycles. The Morgan fingerprint density at radius 2 is 1.71 bits per heavy atom. The average Bonchev–Trinajstić information content (AvgIpc) is 2.42. The molecule has 21 heavy (non-hydrogen) atoms. The molecule has 3 nitrogen and oxygen atoms in total. The van der Waals surface area contributed by atoms with Crippen LogP contribution in [-0.4, -0.2) is 22.6 Å². The Hall–Kier alpha value is -1.26. The average molecular weight is 348 g/mol. The second-order valence-corrected chi connectivity index (χ2v) is 6.39. The number of nitrogens with one attached hydrogen (secondary N) is 1. The van der Waals surface area contributed by atoms with E-state index in [-0.39, 0.29) is 0 Å². The standard InChI is InChI=1S/C17H22BrN3/c1-11(2)19-10-9-14-12(3)20-17(21-13(14)4)15-7-5-6-8-16(15)18/h5-8,11,19H,9-10H2,1-4H3. The highest BCUT2D eigenvalue weighted by atomic mass is 79.9. The molecule has 4 heteroatoms. The molecule has 0 unspecified atom stereocenters. The third-order valence-electron chi connectivity index (χ3n) is 3.46. The summed E-state index contributed by atoms with van der Waals surface area (Å²) in [5, 5.41) is 3.44. The zero-order valence-corrected chi connectivity index (χ0v) is 14.7. The molecule has 0 aliphatic carbocycles. The van der Waals surface area contributed by atoms with Crippen molar-refractivity contribution in [2.24, 2.45) is 0 Å². The highest BCUT2D eigenvalue weighted by Crippen LogP contribution is 2.26. The molecule has 0 saturated carbocycles. The van der Waals surface area contributed by atoms with Crippen molar-refractivity contribution in [2.75, 3.05) is 6.54 Å². The van der Waals surface area contributed by atoms with Gasteiger partial charge in [0.05, 0.1) is 0 Å². The molecule has 0 aliphatic rings. The number of rotatable bonds is 5. The minimum Gasteiger partial charge on any atom is -0.314 e. The lowest BCUT2D eigenvalue weighted by atomic mass is 10.1. The highest BCUT2D eigenvalue weighted by Gasteiger charge is 2.11. The van der Waals surface area contributed by atoms with Crippen molar-refractivity contribution in [3.63, 3.8) is 0 Å². The maximum atomic E-state index is 4.69. The third kappa shape index (κ3) is 4.11. The summed E-state index contributed by atoms with van der Waals surface area (Å²) >= 11 is 3.57. The molecule has 1 aromatic carbocycles. The van der Waals surface area contributed by atoms with E-state index in [4.69, 9.17) is 9.97 Å². The molecule has 0 spiro atoms. The van der Waals surface area contributed by atoms with Gasteiger partial charge in [-0.1, -0.05) is 48.0 Å².